The van der Waals surface area contributed by atoms with Gasteiger partial charge in [0.2, 0.25) is 5.75 Å². The average molecular weight is 413 g/mol. The van der Waals surface area contributed by atoms with Gasteiger partial charge < -0.3 is 14.8 Å². The Morgan fingerprint density at radius 3 is 2.93 bits per heavy atom. The van der Waals surface area contributed by atoms with Crippen LogP contribution >= 0.6 is 11.3 Å². The second-order valence-corrected chi connectivity index (χ2v) is 8.25. The summed E-state index contributed by atoms with van der Waals surface area (Å²) in [6.45, 7) is 2.21. The fourth-order valence-electron chi connectivity index (χ4n) is 3.62. The SMILES string of the molecule is COc1cc(/C=C/c2nc3sc4c(c3c(=O)[nH]2)CC[C@@H](C)C4)cc([N+](=O)[O-])c1O. The number of rotatable bonds is 4. The zero-order valence-electron chi connectivity index (χ0n) is 15.9. The number of fused-ring (bicyclic) bond motifs is 3. The highest BCUT2D eigenvalue weighted by molar-refractivity contribution is 7.18. The van der Waals surface area contributed by atoms with E-state index in [2.05, 4.69) is 16.9 Å². The Labute approximate surface area is 169 Å². The van der Waals surface area contributed by atoms with Crippen LogP contribution in [0.3, 0.4) is 0 Å². The van der Waals surface area contributed by atoms with Gasteiger partial charge in [-0.15, -0.1) is 11.3 Å². The number of thiophene rings is 1. The van der Waals surface area contributed by atoms with E-state index in [1.165, 1.54) is 24.1 Å². The van der Waals surface area contributed by atoms with Crippen molar-refractivity contribution in [1.82, 2.24) is 9.97 Å². The van der Waals surface area contributed by atoms with Gasteiger partial charge in [0.15, 0.2) is 5.75 Å². The van der Waals surface area contributed by atoms with Crippen LogP contribution in [0.25, 0.3) is 22.4 Å². The molecule has 1 aromatic carbocycles. The van der Waals surface area contributed by atoms with Crippen LogP contribution < -0.4 is 10.3 Å². The molecule has 2 heterocycles. The van der Waals surface area contributed by atoms with Crippen molar-refractivity contribution in [1.29, 1.82) is 0 Å². The van der Waals surface area contributed by atoms with Crippen molar-refractivity contribution in [2.75, 3.05) is 7.11 Å². The molecular weight excluding hydrogens is 394 g/mol. The highest BCUT2D eigenvalue weighted by Crippen LogP contribution is 2.38. The first-order valence-electron chi connectivity index (χ1n) is 9.15. The molecule has 3 aromatic rings. The van der Waals surface area contributed by atoms with E-state index in [1.54, 1.807) is 23.5 Å². The molecule has 0 aliphatic heterocycles. The fourth-order valence-corrected chi connectivity index (χ4v) is 5.01. The van der Waals surface area contributed by atoms with Gasteiger partial charge in [-0.2, -0.15) is 0 Å². The molecule has 29 heavy (non-hydrogen) atoms. The van der Waals surface area contributed by atoms with E-state index in [0.717, 1.165) is 24.8 Å². The van der Waals surface area contributed by atoms with E-state index in [1.807, 2.05) is 0 Å². The van der Waals surface area contributed by atoms with Crippen LogP contribution in [0.2, 0.25) is 0 Å². The van der Waals surface area contributed by atoms with Crippen LogP contribution in [0.15, 0.2) is 16.9 Å². The third-order valence-electron chi connectivity index (χ3n) is 5.11. The largest absolute Gasteiger partial charge is 0.500 e. The minimum absolute atomic E-state index is 0.00388. The van der Waals surface area contributed by atoms with Gasteiger partial charge in [-0.3, -0.25) is 14.9 Å². The lowest BCUT2D eigenvalue weighted by Gasteiger charge is -2.17. The maximum Gasteiger partial charge on any atom is 0.315 e. The van der Waals surface area contributed by atoms with E-state index in [0.29, 0.717) is 27.5 Å². The minimum Gasteiger partial charge on any atom is -0.500 e. The molecule has 1 atom stereocenters. The standard InChI is InChI=1S/C20H19N3O5S/c1-10-3-5-12-15(7-10)29-20-17(12)19(25)21-16(22-20)6-4-11-8-13(23(26)27)18(24)14(9-11)28-2/h4,6,8-10,24H,3,5,7H2,1-2H3,(H,21,22,25)/b6-4+/t10-/m1/s1. The van der Waals surface area contributed by atoms with Gasteiger partial charge in [-0.1, -0.05) is 13.0 Å². The molecule has 0 bridgehead atoms. The number of nitrogens with one attached hydrogen (secondary N) is 1. The molecule has 0 radical (unpaired) electrons. The molecule has 0 fully saturated rings. The number of hydrogen-bond acceptors (Lipinski definition) is 7. The van der Waals surface area contributed by atoms with Crippen LogP contribution in [0, 0.1) is 16.0 Å². The maximum atomic E-state index is 12.6. The molecule has 0 spiro atoms. The van der Waals surface area contributed by atoms with Crippen LogP contribution in [0.1, 0.15) is 35.2 Å². The topological polar surface area (TPSA) is 118 Å². The first-order chi connectivity index (χ1) is 13.9. The summed E-state index contributed by atoms with van der Waals surface area (Å²) >= 11 is 1.56. The number of phenols is 1. The van der Waals surface area contributed by atoms with E-state index in [9.17, 15) is 20.0 Å². The second-order valence-electron chi connectivity index (χ2n) is 7.16. The molecule has 2 N–H and O–H groups in total. The molecule has 0 saturated carbocycles. The first kappa shape index (κ1) is 19.1. The number of benzene rings is 1. The zero-order valence-corrected chi connectivity index (χ0v) is 16.7. The van der Waals surface area contributed by atoms with E-state index in [4.69, 9.17) is 4.74 Å². The van der Waals surface area contributed by atoms with Crippen molar-refractivity contribution in [3.05, 3.63) is 54.4 Å². The molecular formula is C20H19N3O5S. The highest BCUT2D eigenvalue weighted by atomic mass is 32.1. The minimum atomic E-state index is -0.682. The molecule has 9 heteroatoms. The van der Waals surface area contributed by atoms with Gasteiger partial charge >= 0.3 is 5.69 Å². The first-order valence-corrected chi connectivity index (χ1v) is 9.97. The predicted molar refractivity (Wildman–Crippen MR) is 112 cm³/mol. The number of aromatic amines is 1. The van der Waals surface area contributed by atoms with Gasteiger partial charge in [-0.05, 0) is 48.4 Å². The third-order valence-corrected chi connectivity index (χ3v) is 6.26. The van der Waals surface area contributed by atoms with Crippen LogP contribution in [0.5, 0.6) is 11.5 Å². The van der Waals surface area contributed by atoms with Gasteiger partial charge in [0.05, 0.1) is 17.4 Å². The Morgan fingerprint density at radius 1 is 1.41 bits per heavy atom. The van der Waals surface area contributed by atoms with E-state index >= 15 is 0 Å². The van der Waals surface area contributed by atoms with E-state index in [-0.39, 0.29) is 11.3 Å². The number of aromatic nitrogens is 2. The average Bonchev–Trinajstić information content (AvgIpc) is 3.04. The molecule has 1 aliphatic rings. The summed E-state index contributed by atoms with van der Waals surface area (Å²) in [6.07, 6.45) is 6.10. The quantitative estimate of drug-likeness (QED) is 0.495. The number of nitrogens with zero attached hydrogens (tertiary/aromatic N) is 2. The monoisotopic (exact) mass is 413 g/mol. The van der Waals surface area contributed by atoms with Gasteiger partial charge in [0.1, 0.15) is 10.7 Å². The van der Waals surface area contributed by atoms with Gasteiger partial charge in [0.25, 0.3) is 5.56 Å². The summed E-state index contributed by atoms with van der Waals surface area (Å²) in [5.74, 6) is 0.440. The van der Waals surface area contributed by atoms with Crippen molar-refractivity contribution in [2.24, 2.45) is 5.92 Å². The Hall–Kier alpha value is -3.20. The Morgan fingerprint density at radius 2 is 2.21 bits per heavy atom. The van der Waals surface area contributed by atoms with E-state index < -0.39 is 16.4 Å². The number of hydrogen-bond donors (Lipinski definition) is 2. The summed E-state index contributed by atoms with van der Waals surface area (Å²) in [5.41, 5.74) is 0.927. The van der Waals surface area contributed by atoms with Crippen LogP contribution in [-0.2, 0) is 12.8 Å². The summed E-state index contributed by atoms with van der Waals surface area (Å²) in [5, 5.41) is 21.7. The zero-order chi connectivity index (χ0) is 20.7. The number of nitro groups is 1. The number of aromatic hydroxyl groups is 1. The number of methoxy groups -OCH3 is 1. The molecule has 0 amide bonds. The molecule has 1 aliphatic carbocycles. The highest BCUT2D eigenvalue weighted by Gasteiger charge is 2.23. The molecule has 0 unspecified atom stereocenters. The molecule has 4 rings (SSSR count). The van der Waals surface area contributed by atoms with Crippen LogP contribution in [-0.4, -0.2) is 27.1 Å². The molecule has 8 nitrogen and oxygen atoms in total. The molecule has 2 aromatic heterocycles. The smallest absolute Gasteiger partial charge is 0.315 e. The Kier molecular flexibility index (Phi) is 4.83. The summed E-state index contributed by atoms with van der Waals surface area (Å²) < 4.78 is 5.00. The van der Waals surface area contributed by atoms with Crippen molar-refractivity contribution in [3.8, 4) is 11.5 Å². The second kappa shape index (κ2) is 7.32. The molecule has 150 valence electrons. The van der Waals surface area contributed by atoms with Crippen molar-refractivity contribution in [3.63, 3.8) is 0 Å². The predicted octanol–water partition coefficient (Wildman–Crippen LogP) is 3.90. The number of H-pyrrole nitrogens is 1. The van der Waals surface area contributed by atoms with Gasteiger partial charge in [-0.25, -0.2) is 4.98 Å². The lowest BCUT2D eigenvalue weighted by atomic mass is 9.89. The summed E-state index contributed by atoms with van der Waals surface area (Å²) in [7, 11) is 1.32. The van der Waals surface area contributed by atoms with Crippen LogP contribution in [0.4, 0.5) is 5.69 Å². The number of aryl methyl sites for hydroxylation is 1. The summed E-state index contributed by atoms with van der Waals surface area (Å²) in [6, 6.07) is 2.71. The lowest BCUT2D eigenvalue weighted by Crippen LogP contribution is -2.13. The number of nitro benzene ring substituents is 1. The number of phenolic OH excluding ortho intramolecular Hbond substituents is 1. The number of ether oxygens (including phenoxy) is 1. The van der Waals surface area contributed by atoms with Crippen molar-refractivity contribution < 1.29 is 14.8 Å². The Balaban J connectivity index is 1.73. The Bertz CT molecular complexity index is 1210. The maximum absolute atomic E-state index is 12.6. The summed E-state index contributed by atoms with van der Waals surface area (Å²) in [4.78, 5) is 32.4. The van der Waals surface area contributed by atoms with Gasteiger partial charge in [0, 0.05) is 10.9 Å². The fraction of sp³-hybridized carbons (Fsp3) is 0.300. The third kappa shape index (κ3) is 3.49. The molecule has 0 saturated heterocycles. The lowest BCUT2D eigenvalue weighted by molar-refractivity contribution is -0.386. The normalized spacial score (nSPS) is 16.3. The van der Waals surface area contributed by atoms with Crippen molar-refractivity contribution >= 4 is 39.4 Å². The van der Waals surface area contributed by atoms with Crippen molar-refractivity contribution in [2.45, 2.75) is 26.2 Å².